The van der Waals surface area contributed by atoms with Gasteiger partial charge in [-0.05, 0) is 32.4 Å². The van der Waals surface area contributed by atoms with Crippen LogP contribution in [0.3, 0.4) is 0 Å². The predicted molar refractivity (Wildman–Crippen MR) is 106 cm³/mol. The van der Waals surface area contributed by atoms with Gasteiger partial charge in [0.25, 0.3) is 5.56 Å². The Kier molecular flexibility index (Phi) is 5.70. The van der Waals surface area contributed by atoms with E-state index in [1.807, 2.05) is 19.9 Å². The first kappa shape index (κ1) is 18.8. The van der Waals surface area contributed by atoms with Gasteiger partial charge in [0.2, 0.25) is 11.9 Å². The average molecular weight is 387 g/mol. The van der Waals surface area contributed by atoms with Crippen LogP contribution < -0.4 is 21.3 Å². The first-order valence-corrected chi connectivity index (χ1v) is 9.58. The molecule has 0 aliphatic heterocycles. The zero-order valence-electron chi connectivity index (χ0n) is 15.2. The Balaban J connectivity index is 1.63. The standard InChI is InChI=1S/C18H21N5O3S/c1-3-22-16(25)13-7-4-5-8-14(13)19-17(22)21-20-15(24)9-6-10-23-12(2)11-27-18(23)26/h4-5,7-8,11H,3,6,9-10H2,1-2H3,(H,19,21)(H,20,24). The lowest BCUT2D eigenvalue weighted by Gasteiger charge is -2.14. The van der Waals surface area contributed by atoms with E-state index in [-0.39, 0.29) is 22.8 Å². The van der Waals surface area contributed by atoms with Gasteiger partial charge >= 0.3 is 4.87 Å². The SMILES string of the molecule is CCn1c(NNC(=O)CCCn2c(C)csc2=O)nc2ccccc2c1=O. The van der Waals surface area contributed by atoms with Crippen LogP contribution in [0, 0.1) is 6.92 Å². The van der Waals surface area contributed by atoms with E-state index in [1.54, 1.807) is 28.1 Å². The van der Waals surface area contributed by atoms with Crippen molar-refractivity contribution in [2.24, 2.45) is 0 Å². The molecule has 1 aromatic carbocycles. The van der Waals surface area contributed by atoms with Gasteiger partial charge in [-0.15, -0.1) is 0 Å². The van der Waals surface area contributed by atoms with E-state index in [9.17, 15) is 14.4 Å². The number of benzene rings is 1. The van der Waals surface area contributed by atoms with Crippen molar-refractivity contribution in [3.63, 3.8) is 0 Å². The van der Waals surface area contributed by atoms with Crippen LogP contribution >= 0.6 is 11.3 Å². The molecule has 2 heterocycles. The second kappa shape index (κ2) is 8.17. The molecule has 0 aliphatic carbocycles. The molecule has 0 spiro atoms. The van der Waals surface area contributed by atoms with Crippen molar-refractivity contribution in [3.05, 3.63) is 55.4 Å². The van der Waals surface area contributed by atoms with Gasteiger partial charge in [0.15, 0.2) is 0 Å². The Labute approximate surface area is 159 Å². The van der Waals surface area contributed by atoms with Crippen molar-refractivity contribution in [2.75, 3.05) is 5.43 Å². The smallest absolute Gasteiger partial charge is 0.303 e. The van der Waals surface area contributed by atoms with Crippen LogP contribution in [0.4, 0.5) is 5.95 Å². The molecule has 2 aromatic heterocycles. The number of nitrogens with zero attached hydrogens (tertiary/aromatic N) is 3. The fraction of sp³-hybridized carbons (Fsp3) is 0.333. The van der Waals surface area contributed by atoms with Gasteiger partial charge in [-0.3, -0.25) is 29.8 Å². The molecule has 0 fully saturated rings. The van der Waals surface area contributed by atoms with Crippen LogP contribution in [0.2, 0.25) is 0 Å². The number of hydrogen-bond acceptors (Lipinski definition) is 6. The highest BCUT2D eigenvalue weighted by Crippen LogP contribution is 2.10. The fourth-order valence-electron chi connectivity index (χ4n) is 2.82. The summed E-state index contributed by atoms with van der Waals surface area (Å²) in [6, 6.07) is 7.08. The quantitative estimate of drug-likeness (QED) is 0.603. The van der Waals surface area contributed by atoms with E-state index in [1.165, 1.54) is 4.57 Å². The third kappa shape index (κ3) is 4.08. The summed E-state index contributed by atoms with van der Waals surface area (Å²) in [7, 11) is 0. The second-order valence-corrected chi connectivity index (χ2v) is 6.89. The Bertz CT molecular complexity index is 1080. The number of fused-ring (bicyclic) bond motifs is 1. The summed E-state index contributed by atoms with van der Waals surface area (Å²) < 4.78 is 3.13. The molecule has 8 nitrogen and oxygen atoms in total. The van der Waals surface area contributed by atoms with E-state index < -0.39 is 0 Å². The van der Waals surface area contributed by atoms with Gasteiger partial charge in [0.1, 0.15) is 0 Å². The Hall–Kier alpha value is -2.94. The Morgan fingerprint density at radius 1 is 1.22 bits per heavy atom. The molecule has 0 bridgehead atoms. The minimum Gasteiger partial charge on any atom is -0.303 e. The summed E-state index contributed by atoms with van der Waals surface area (Å²) >= 11 is 1.16. The lowest BCUT2D eigenvalue weighted by Crippen LogP contribution is -2.34. The number of hydrogen-bond donors (Lipinski definition) is 2. The van der Waals surface area contributed by atoms with Gasteiger partial charge in [-0.1, -0.05) is 23.5 Å². The molecule has 27 heavy (non-hydrogen) atoms. The van der Waals surface area contributed by atoms with E-state index >= 15 is 0 Å². The van der Waals surface area contributed by atoms with Crippen LogP contribution in [-0.4, -0.2) is 20.0 Å². The summed E-state index contributed by atoms with van der Waals surface area (Å²) in [4.78, 5) is 40.7. The number of aromatic nitrogens is 3. The normalized spacial score (nSPS) is 10.9. The topological polar surface area (TPSA) is 98.0 Å². The molecular weight excluding hydrogens is 366 g/mol. The van der Waals surface area contributed by atoms with Crippen LogP contribution in [-0.2, 0) is 17.9 Å². The van der Waals surface area contributed by atoms with E-state index in [4.69, 9.17) is 0 Å². The third-order valence-electron chi connectivity index (χ3n) is 4.25. The summed E-state index contributed by atoms with van der Waals surface area (Å²) in [5, 5.41) is 2.34. The highest BCUT2D eigenvalue weighted by Gasteiger charge is 2.10. The number of hydrazine groups is 1. The van der Waals surface area contributed by atoms with Gasteiger partial charge in [0.05, 0.1) is 10.9 Å². The van der Waals surface area contributed by atoms with Crippen LogP contribution in [0.1, 0.15) is 25.5 Å². The average Bonchev–Trinajstić information content (AvgIpc) is 2.98. The van der Waals surface area contributed by atoms with Crippen molar-refractivity contribution >= 4 is 34.1 Å². The number of aryl methyl sites for hydroxylation is 1. The maximum absolute atomic E-state index is 12.5. The zero-order valence-corrected chi connectivity index (χ0v) is 16.0. The zero-order chi connectivity index (χ0) is 19.4. The molecule has 0 saturated heterocycles. The number of nitrogens with one attached hydrogen (secondary N) is 2. The first-order chi connectivity index (χ1) is 13.0. The van der Waals surface area contributed by atoms with E-state index in [0.717, 1.165) is 17.0 Å². The minimum absolute atomic E-state index is 0.0154. The number of carbonyl (C=O) groups excluding carboxylic acids is 1. The molecule has 142 valence electrons. The number of carbonyl (C=O) groups is 1. The molecule has 0 aliphatic rings. The van der Waals surface area contributed by atoms with Gasteiger partial charge in [-0.25, -0.2) is 4.98 Å². The second-order valence-electron chi connectivity index (χ2n) is 6.07. The van der Waals surface area contributed by atoms with Crippen molar-refractivity contribution in [1.29, 1.82) is 0 Å². The number of anilines is 1. The lowest BCUT2D eigenvalue weighted by atomic mass is 10.2. The monoisotopic (exact) mass is 387 g/mol. The van der Waals surface area contributed by atoms with Gasteiger partial charge < -0.3 is 4.57 Å². The molecule has 0 radical (unpaired) electrons. The molecule has 1 amide bonds. The Morgan fingerprint density at radius 2 is 2.00 bits per heavy atom. The fourth-order valence-corrected chi connectivity index (χ4v) is 3.58. The highest BCUT2D eigenvalue weighted by atomic mass is 32.1. The van der Waals surface area contributed by atoms with Crippen LogP contribution in [0.15, 0.2) is 39.2 Å². The van der Waals surface area contributed by atoms with E-state index in [2.05, 4.69) is 15.8 Å². The van der Waals surface area contributed by atoms with E-state index in [0.29, 0.717) is 36.4 Å². The molecule has 3 rings (SSSR count). The summed E-state index contributed by atoms with van der Waals surface area (Å²) in [6.07, 6.45) is 0.787. The Morgan fingerprint density at radius 3 is 2.70 bits per heavy atom. The summed E-state index contributed by atoms with van der Waals surface area (Å²) in [5.41, 5.74) is 6.63. The minimum atomic E-state index is -0.235. The number of para-hydroxylation sites is 1. The maximum atomic E-state index is 12.5. The molecule has 2 N–H and O–H groups in total. The van der Waals surface area contributed by atoms with Gasteiger partial charge in [-0.2, -0.15) is 0 Å². The molecule has 9 heteroatoms. The summed E-state index contributed by atoms with van der Waals surface area (Å²) in [5.74, 6) is 0.0560. The third-order valence-corrected chi connectivity index (χ3v) is 5.13. The van der Waals surface area contributed by atoms with Crippen molar-refractivity contribution in [2.45, 2.75) is 39.8 Å². The number of amides is 1. The van der Waals surface area contributed by atoms with Crippen LogP contribution in [0.5, 0.6) is 0 Å². The van der Waals surface area contributed by atoms with Gasteiger partial charge in [0, 0.05) is 30.6 Å². The lowest BCUT2D eigenvalue weighted by molar-refractivity contribution is -0.120. The van der Waals surface area contributed by atoms with Crippen molar-refractivity contribution in [3.8, 4) is 0 Å². The molecule has 3 aromatic rings. The van der Waals surface area contributed by atoms with Crippen molar-refractivity contribution in [1.82, 2.24) is 19.5 Å². The molecule has 0 atom stereocenters. The largest absolute Gasteiger partial charge is 0.307 e. The molecular formula is C18H21N5O3S. The summed E-state index contributed by atoms with van der Waals surface area (Å²) in [6.45, 7) is 4.63. The molecule has 0 saturated carbocycles. The molecule has 0 unspecified atom stereocenters. The van der Waals surface area contributed by atoms with Crippen molar-refractivity contribution < 1.29 is 4.79 Å². The predicted octanol–water partition coefficient (Wildman–Crippen LogP) is 1.87. The maximum Gasteiger partial charge on any atom is 0.307 e. The van der Waals surface area contributed by atoms with Crippen LogP contribution in [0.25, 0.3) is 10.9 Å². The highest BCUT2D eigenvalue weighted by molar-refractivity contribution is 7.07. The number of thiazole rings is 1. The first-order valence-electron chi connectivity index (χ1n) is 8.70. The number of rotatable bonds is 7.